The number of primary amides is 1. The van der Waals surface area contributed by atoms with Gasteiger partial charge in [0.1, 0.15) is 0 Å². The lowest BCUT2D eigenvalue weighted by atomic mass is 10.1. The molecule has 11 heavy (non-hydrogen) atoms. The fourth-order valence-corrected chi connectivity index (χ4v) is 0.706. The fraction of sp³-hybridized carbons (Fsp3) is 0.714. The second kappa shape index (κ2) is 5.70. The Hall–Kier alpha value is -1.06. The van der Waals surface area contributed by atoms with Crippen LogP contribution >= 0.6 is 0 Å². The molecule has 0 unspecified atom stereocenters. The van der Waals surface area contributed by atoms with E-state index >= 15 is 0 Å². The van der Waals surface area contributed by atoms with E-state index in [9.17, 15) is 4.79 Å². The van der Waals surface area contributed by atoms with E-state index in [1.54, 1.807) is 6.21 Å². The highest BCUT2D eigenvalue weighted by Gasteiger charge is 1.97. The molecule has 4 nitrogen and oxygen atoms in total. The minimum absolute atomic E-state index is 0.432. The summed E-state index contributed by atoms with van der Waals surface area (Å²) in [5.74, 6) is 0.432. The van der Waals surface area contributed by atoms with Crippen molar-refractivity contribution < 1.29 is 4.79 Å². The van der Waals surface area contributed by atoms with Crippen LogP contribution < -0.4 is 11.2 Å². The van der Waals surface area contributed by atoms with Crippen LogP contribution in [0.15, 0.2) is 5.10 Å². The fourth-order valence-electron chi connectivity index (χ4n) is 0.706. The van der Waals surface area contributed by atoms with Gasteiger partial charge in [-0.05, 0) is 18.8 Å². The lowest BCUT2D eigenvalue weighted by molar-refractivity contribution is 0.249. The molecule has 0 aromatic heterocycles. The van der Waals surface area contributed by atoms with E-state index in [1.807, 2.05) is 0 Å². The van der Waals surface area contributed by atoms with Gasteiger partial charge in [-0.2, -0.15) is 5.10 Å². The number of amides is 2. The molecule has 0 rings (SSSR count). The second-order valence-electron chi connectivity index (χ2n) is 2.33. The van der Waals surface area contributed by atoms with E-state index in [0.717, 1.165) is 12.8 Å². The van der Waals surface area contributed by atoms with Gasteiger partial charge in [0.15, 0.2) is 0 Å². The minimum atomic E-state index is -0.618. The number of carbonyl (C=O) groups excluding carboxylic acids is 1. The molecule has 3 N–H and O–H groups in total. The van der Waals surface area contributed by atoms with Crippen molar-refractivity contribution in [3.8, 4) is 0 Å². The molecule has 0 radical (unpaired) electrons. The summed E-state index contributed by atoms with van der Waals surface area (Å²) in [6.07, 6.45) is 3.77. The van der Waals surface area contributed by atoms with Crippen LogP contribution in [-0.4, -0.2) is 12.2 Å². The molecule has 0 aliphatic rings. The predicted molar refractivity (Wildman–Crippen MR) is 45.3 cm³/mol. The van der Waals surface area contributed by atoms with Gasteiger partial charge in [0.25, 0.3) is 0 Å². The van der Waals surface area contributed by atoms with Gasteiger partial charge >= 0.3 is 6.03 Å². The summed E-state index contributed by atoms with van der Waals surface area (Å²) >= 11 is 0. The van der Waals surface area contributed by atoms with Gasteiger partial charge < -0.3 is 5.73 Å². The number of carbonyl (C=O) groups is 1. The lowest BCUT2D eigenvalue weighted by Gasteiger charge is -2.02. The zero-order valence-electron chi connectivity index (χ0n) is 7.00. The van der Waals surface area contributed by atoms with Crippen LogP contribution in [0.4, 0.5) is 4.79 Å². The Morgan fingerprint density at radius 3 is 2.55 bits per heavy atom. The van der Waals surface area contributed by atoms with Crippen LogP contribution in [0.1, 0.15) is 26.7 Å². The largest absolute Gasteiger partial charge is 0.350 e. The monoisotopic (exact) mass is 157 g/mol. The van der Waals surface area contributed by atoms with E-state index in [2.05, 4.69) is 24.4 Å². The van der Waals surface area contributed by atoms with Crippen LogP contribution in [-0.2, 0) is 0 Å². The number of rotatable bonds is 4. The summed E-state index contributed by atoms with van der Waals surface area (Å²) in [5.41, 5.74) is 6.95. The van der Waals surface area contributed by atoms with Crippen molar-refractivity contribution in [3.63, 3.8) is 0 Å². The molecule has 4 heteroatoms. The number of hydrazone groups is 1. The van der Waals surface area contributed by atoms with Gasteiger partial charge in [0.2, 0.25) is 0 Å². The zero-order chi connectivity index (χ0) is 8.69. The quantitative estimate of drug-likeness (QED) is 0.465. The van der Waals surface area contributed by atoms with E-state index in [0.29, 0.717) is 5.92 Å². The average Bonchev–Trinajstić information content (AvgIpc) is 1.98. The lowest BCUT2D eigenvalue weighted by Crippen LogP contribution is -2.24. The molecule has 0 spiro atoms. The summed E-state index contributed by atoms with van der Waals surface area (Å²) < 4.78 is 0. The summed E-state index contributed by atoms with van der Waals surface area (Å²) in [6.45, 7) is 4.15. The standard InChI is InChI=1S/C7H15N3O/c1-3-6(4-2)5-9-10-7(8)11/h5-6H,3-4H2,1-2H3,(H3,8,10,11). The highest BCUT2D eigenvalue weighted by atomic mass is 16.2. The highest BCUT2D eigenvalue weighted by molar-refractivity contribution is 5.73. The Labute approximate surface area is 66.8 Å². The molecule has 0 saturated carbocycles. The third kappa shape index (κ3) is 5.39. The number of hydrogen-bond donors (Lipinski definition) is 2. The third-order valence-corrected chi connectivity index (χ3v) is 1.51. The first kappa shape index (κ1) is 9.94. The molecule has 0 fully saturated rings. The Morgan fingerprint density at radius 2 is 2.18 bits per heavy atom. The predicted octanol–water partition coefficient (Wildman–Crippen LogP) is 1.08. The summed E-state index contributed by atoms with van der Waals surface area (Å²) in [7, 11) is 0. The van der Waals surface area contributed by atoms with Gasteiger partial charge in [-0.15, -0.1) is 0 Å². The number of nitrogens with two attached hydrogens (primary N) is 1. The van der Waals surface area contributed by atoms with Gasteiger partial charge in [-0.3, -0.25) is 0 Å². The maximum Gasteiger partial charge on any atom is 0.332 e. The molecule has 2 amide bonds. The zero-order valence-corrected chi connectivity index (χ0v) is 7.00. The number of nitrogens with one attached hydrogen (secondary N) is 1. The van der Waals surface area contributed by atoms with E-state index < -0.39 is 6.03 Å². The molecule has 0 bridgehead atoms. The first-order chi connectivity index (χ1) is 5.20. The first-order valence-corrected chi connectivity index (χ1v) is 3.79. The van der Waals surface area contributed by atoms with Crippen LogP contribution in [0.2, 0.25) is 0 Å². The smallest absolute Gasteiger partial charge is 0.332 e. The highest BCUT2D eigenvalue weighted by Crippen LogP contribution is 2.02. The number of urea groups is 1. The average molecular weight is 157 g/mol. The van der Waals surface area contributed by atoms with Gasteiger partial charge in [0.05, 0.1) is 0 Å². The molecule has 0 saturated heterocycles. The minimum Gasteiger partial charge on any atom is -0.350 e. The van der Waals surface area contributed by atoms with E-state index in [-0.39, 0.29) is 0 Å². The van der Waals surface area contributed by atoms with Crippen molar-refractivity contribution in [2.75, 3.05) is 0 Å². The topological polar surface area (TPSA) is 67.5 Å². The van der Waals surface area contributed by atoms with Gasteiger partial charge in [-0.1, -0.05) is 13.8 Å². The van der Waals surface area contributed by atoms with Gasteiger partial charge in [0, 0.05) is 6.21 Å². The maximum absolute atomic E-state index is 10.2. The molecule has 0 aromatic carbocycles. The van der Waals surface area contributed by atoms with Crippen molar-refractivity contribution >= 4 is 12.2 Å². The summed E-state index contributed by atoms with van der Waals surface area (Å²) in [4.78, 5) is 10.2. The van der Waals surface area contributed by atoms with Crippen LogP contribution in [0, 0.1) is 5.92 Å². The molecule has 0 aliphatic carbocycles. The van der Waals surface area contributed by atoms with Crippen molar-refractivity contribution in [3.05, 3.63) is 0 Å². The van der Waals surface area contributed by atoms with Crippen molar-refractivity contribution in [1.29, 1.82) is 0 Å². The Morgan fingerprint density at radius 1 is 1.64 bits per heavy atom. The van der Waals surface area contributed by atoms with E-state index in [4.69, 9.17) is 5.73 Å². The molecule has 0 aromatic rings. The second-order valence-corrected chi connectivity index (χ2v) is 2.33. The Kier molecular flexibility index (Phi) is 5.15. The first-order valence-electron chi connectivity index (χ1n) is 3.79. The van der Waals surface area contributed by atoms with Crippen LogP contribution in [0.25, 0.3) is 0 Å². The third-order valence-electron chi connectivity index (χ3n) is 1.51. The van der Waals surface area contributed by atoms with Gasteiger partial charge in [-0.25, -0.2) is 10.2 Å². The van der Waals surface area contributed by atoms with Crippen molar-refractivity contribution in [1.82, 2.24) is 5.43 Å². The SMILES string of the molecule is CCC(C=NNC(N)=O)CC. The Bertz CT molecular complexity index is 141. The van der Waals surface area contributed by atoms with E-state index in [1.165, 1.54) is 0 Å². The summed E-state index contributed by atoms with van der Waals surface area (Å²) in [6, 6.07) is -0.618. The maximum atomic E-state index is 10.2. The van der Waals surface area contributed by atoms with Crippen LogP contribution in [0.3, 0.4) is 0 Å². The molecule has 0 atom stereocenters. The van der Waals surface area contributed by atoms with Crippen molar-refractivity contribution in [2.45, 2.75) is 26.7 Å². The normalized spacial score (nSPS) is 10.8. The number of hydrogen-bond acceptors (Lipinski definition) is 2. The molecule has 0 heterocycles. The van der Waals surface area contributed by atoms with Crippen molar-refractivity contribution in [2.24, 2.45) is 16.8 Å². The molecule has 0 aliphatic heterocycles. The van der Waals surface area contributed by atoms with Crippen LogP contribution in [0.5, 0.6) is 0 Å². The number of nitrogens with zero attached hydrogens (tertiary/aromatic N) is 1. The summed E-state index contributed by atoms with van der Waals surface area (Å²) in [5, 5.41) is 3.66. The molecular weight excluding hydrogens is 142 g/mol. The molecule has 64 valence electrons. The molecular formula is C7H15N3O. The Balaban J connectivity index is 3.61.